The van der Waals surface area contributed by atoms with Gasteiger partial charge in [0.1, 0.15) is 0 Å². The maximum atomic E-state index is 11.6. The summed E-state index contributed by atoms with van der Waals surface area (Å²) >= 11 is 5.41. The molecule has 1 aliphatic carbocycles. The predicted molar refractivity (Wildman–Crippen MR) is 69.6 cm³/mol. The first kappa shape index (κ1) is 15.2. The number of alkyl halides is 1. The van der Waals surface area contributed by atoms with Crippen LogP contribution in [0.2, 0.25) is 0 Å². The molecule has 0 aromatic heterocycles. The zero-order chi connectivity index (χ0) is 13.8. The maximum absolute atomic E-state index is 11.6. The second kappa shape index (κ2) is 6.38. The van der Waals surface area contributed by atoms with Gasteiger partial charge in [-0.05, 0) is 13.3 Å². The van der Waals surface area contributed by atoms with Crippen molar-refractivity contribution in [3.05, 3.63) is 0 Å². The second-order valence-electron chi connectivity index (χ2n) is 5.01. The molecule has 2 atom stereocenters. The zero-order valence-corrected chi connectivity index (χ0v) is 11.8. The van der Waals surface area contributed by atoms with Gasteiger partial charge in [-0.15, -0.1) is 11.6 Å². The van der Waals surface area contributed by atoms with Crippen molar-refractivity contribution in [1.82, 2.24) is 10.6 Å². The third-order valence-electron chi connectivity index (χ3n) is 3.43. The van der Waals surface area contributed by atoms with E-state index in [4.69, 9.17) is 16.3 Å². The molecule has 6 heteroatoms. The van der Waals surface area contributed by atoms with Crippen LogP contribution in [0.3, 0.4) is 0 Å². The Morgan fingerprint density at radius 1 is 1.44 bits per heavy atom. The number of amides is 3. The van der Waals surface area contributed by atoms with Crippen LogP contribution in [0.5, 0.6) is 0 Å². The quantitative estimate of drug-likeness (QED) is 0.750. The summed E-state index contributed by atoms with van der Waals surface area (Å²) in [4.78, 5) is 22.7. The molecule has 1 aliphatic rings. The van der Waals surface area contributed by atoms with Crippen LogP contribution in [-0.2, 0) is 9.53 Å². The Balaban J connectivity index is 2.36. The van der Waals surface area contributed by atoms with Gasteiger partial charge in [0.2, 0.25) is 5.91 Å². The number of hydrogen-bond acceptors (Lipinski definition) is 3. The molecule has 3 amide bonds. The summed E-state index contributed by atoms with van der Waals surface area (Å²) in [5, 5.41) is 5.04. The lowest BCUT2D eigenvalue weighted by atomic mass is 9.64. The van der Waals surface area contributed by atoms with E-state index < -0.39 is 6.03 Å². The van der Waals surface area contributed by atoms with Gasteiger partial charge in [-0.2, -0.15) is 0 Å². The van der Waals surface area contributed by atoms with Crippen molar-refractivity contribution in [2.45, 2.75) is 45.8 Å². The monoisotopic (exact) mass is 276 g/mol. The Labute approximate surface area is 113 Å². The highest BCUT2D eigenvalue weighted by Crippen LogP contribution is 2.42. The van der Waals surface area contributed by atoms with E-state index in [1.54, 1.807) is 0 Å². The van der Waals surface area contributed by atoms with Crippen molar-refractivity contribution in [2.75, 3.05) is 12.5 Å². The minimum absolute atomic E-state index is 0.0258. The van der Waals surface area contributed by atoms with Crippen LogP contribution in [0.25, 0.3) is 0 Å². The second-order valence-corrected chi connectivity index (χ2v) is 5.39. The summed E-state index contributed by atoms with van der Waals surface area (Å²) in [5.74, 6) is -0.151. The number of carbonyl (C=O) groups is 2. The highest BCUT2D eigenvalue weighted by molar-refractivity contribution is 6.19. The van der Waals surface area contributed by atoms with E-state index in [1.807, 2.05) is 20.8 Å². The number of urea groups is 1. The Hall–Kier alpha value is -0.810. The lowest BCUT2D eigenvalue weighted by molar-refractivity contribution is -0.120. The number of imide groups is 1. The summed E-state index contributed by atoms with van der Waals surface area (Å²) in [6, 6.07) is -0.434. The Morgan fingerprint density at radius 2 is 2.11 bits per heavy atom. The molecule has 0 bridgehead atoms. The molecule has 2 N–H and O–H groups in total. The molecular formula is C12H21ClN2O3. The van der Waals surface area contributed by atoms with Gasteiger partial charge in [0.15, 0.2) is 0 Å². The van der Waals surface area contributed by atoms with Crippen LogP contribution in [0.1, 0.15) is 33.6 Å². The van der Waals surface area contributed by atoms with Crippen molar-refractivity contribution in [3.63, 3.8) is 0 Å². The van der Waals surface area contributed by atoms with E-state index in [2.05, 4.69) is 10.6 Å². The minimum Gasteiger partial charge on any atom is -0.378 e. The fourth-order valence-electron chi connectivity index (χ4n) is 2.08. The number of nitrogens with one attached hydrogen (secondary N) is 2. The molecule has 0 aromatic rings. The fourth-order valence-corrected chi connectivity index (χ4v) is 2.26. The van der Waals surface area contributed by atoms with Gasteiger partial charge in [0.25, 0.3) is 0 Å². The molecule has 18 heavy (non-hydrogen) atoms. The van der Waals surface area contributed by atoms with E-state index in [0.29, 0.717) is 6.61 Å². The maximum Gasteiger partial charge on any atom is 0.321 e. The van der Waals surface area contributed by atoms with E-state index in [0.717, 1.165) is 6.42 Å². The van der Waals surface area contributed by atoms with Crippen molar-refractivity contribution < 1.29 is 14.3 Å². The van der Waals surface area contributed by atoms with Gasteiger partial charge in [-0.3, -0.25) is 10.1 Å². The molecule has 2 unspecified atom stereocenters. The summed E-state index contributed by atoms with van der Waals surface area (Å²) in [6.45, 7) is 6.71. The number of hydrogen-bond donors (Lipinski definition) is 2. The minimum atomic E-state index is -0.460. The molecule has 104 valence electrons. The Morgan fingerprint density at radius 3 is 2.61 bits per heavy atom. The average molecular weight is 277 g/mol. The molecule has 0 saturated heterocycles. The predicted octanol–water partition coefficient (Wildman–Crippen LogP) is 1.64. The highest BCUT2D eigenvalue weighted by Gasteiger charge is 2.49. The van der Waals surface area contributed by atoms with Gasteiger partial charge in [-0.25, -0.2) is 4.79 Å². The Kier molecular flexibility index (Phi) is 5.41. The molecule has 0 aliphatic heterocycles. The summed E-state index contributed by atoms with van der Waals surface area (Å²) in [6.07, 6.45) is 1.08. The molecule has 1 saturated carbocycles. The van der Waals surface area contributed by atoms with Gasteiger partial charge in [0, 0.05) is 30.4 Å². The van der Waals surface area contributed by atoms with E-state index >= 15 is 0 Å². The molecule has 0 aromatic carbocycles. The average Bonchev–Trinajstić information content (AvgIpc) is 2.28. The molecule has 0 spiro atoms. The van der Waals surface area contributed by atoms with Crippen LogP contribution >= 0.6 is 11.6 Å². The van der Waals surface area contributed by atoms with Crippen LogP contribution in [0.15, 0.2) is 0 Å². The number of ether oxygens (including phenoxy) is 1. The third-order valence-corrected chi connectivity index (χ3v) is 3.61. The SMILES string of the molecule is CCOC1CC(NC(=O)NC(=O)CCCl)C1(C)C. The first-order valence-electron chi connectivity index (χ1n) is 6.19. The van der Waals surface area contributed by atoms with E-state index in [-0.39, 0.29) is 35.8 Å². The molecule has 1 fully saturated rings. The summed E-state index contributed by atoms with van der Waals surface area (Å²) < 4.78 is 5.57. The normalized spacial score (nSPS) is 25.1. The van der Waals surface area contributed by atoms with Crippen molar-refractivity contribution >= 4 is 23.5 Å². The molecule has 0 radical (unpaired) electrons. The number of halogens is 1. The zero-order valence-electron chi connectivity index (χ0n) is 11.1. The van der Waals surface area contributed by atoms with Gasteiger partial charge in [-0.1, -0.05) is 13.8 Å². The van der Waals surface area contributed by atoms with Crippen LogP contribution in [0, 0.1) is 5.41 Å². The molecule has 1 rings (SSSR count). The van der Waals surface area contributed by atoms with Crippen LogP contribution in [-0.4, -0.2) is 36.6 Å². The van der Waals surface area contributed by atoms with E-state index in [9.17, 15) is 9.59 Å². The van der Waals surface area contributed by atoms with E-state index in [1.165, 1.54) is 0 Å². The van der Waals surface area contributed by atoms with Gasteiger partial charge >= 0.3 is 6.03 Å². The highest BCUT2D eigenvalue weighted by atomic mass is 35.5. The molecule has 0 heterocycles. The first-order chi connectivity index (χ1) is 8.41. The third kappa shape index (κ3) is 3.59. The fraction of sp³-hybridized carbons (Fsp3) is 0.833. The van der Waals surface area contributed by atoms with Crippen molar-refractivity contribution in [3.8, 4) is 0 Å². The molecular weight excluding hydrogens is 256 g/mol. The smallest absolute Gasteiger partial charge is 0.321 e. The lowest BCUT2D eigenvalue weighted by Gasteiger charge is -2.51. The first-order valence-corrected chi connectivity index (χ1v) is 6.73. The summed E-state index contributed by atoms with van der Waals surface area (Å²) in [5.41, 5.74) is -0.108. The van der Waals surface area contributed by atoms with Crippen molar-refractivity contribution in [2.24, 2.45) is 5.41 Å². The van der Waals surface area contributed by atoms with Crippen molar-refractivity contribution in [1.29, 1.82) is 0 Å². The number of carbonyl (C=O) groups excluding carboxylic acids is 2. The van der Waals surface area contributed by atoms with Crippen LogP contribution < -0.4 is 10.6 Å². The van der Waals surface area contributed by atoms with Crippen LogP contribution in [0.4, 0.5) is 4.79 Å². The topological polar surface area (TPSA) is 67.4 Å². The van der Waals surface area contributed by atoms with Gasteiger partial charge < -0.3 is 10.1 Å². The Bertz CT molecular complexity index is 320. The van der Waals surface area contributed by atoms with Gasteiger partial charge in [0.05, 0.1) is 6.10 Å². The summed E-state index contributed by atoms with van der Waals surface area (Å²) in [7, 11) is 0. The molecule has 5 nitrogen and oxygen atoms in total. The number of rotatable bonds is 5. The largest absolute Gasteiger partial charge is 0.378 e. The lowest BCUT2D eigenvalue weighted by Crippen LogP contribution is -2.63. The standard InChI is InChI=1S/C12H21ClN2O3/c1-4-18-9-7-8(12(9,2)3)14-11(17)15-10(16)5-6-13/h8-9H,4-7H2,1-3H3,(H2,14,15,16,17).